The zero-order chi connectivity index (χ0) is 19.6. The van der Waals surface area contributed by atoms with Crippen molar-refractivity contribution in [3.05, 3.63) is 54.0 Å². The highest BCUT2D eigenvalue weighted by Crippen LogP contribution is 2.31. The maximum atomic E-state index is 12.7. The Bertz CT molecular complexity index is 921. The second-order valence-corrected chi connectivity index (χ2v) is 7.40. The van der Waals surface area contributed by atoms with E-state index in [-0.39, 0.29) is 0 Å². The molecule has 2 aromatic heterocycles. The van der Waals surface area contributed by atoms with Crippen LogP contribution in [0, 0.1) is 0 Å². The molecule has 146 valence electrons. The molecule has 1 aliphatic rings. The highest BCUT2D eigenvalue weighted by Gasteiger charge is 2.33. The van der Waals surface area contributed by atoms with Gasteiger partial charge in [0.25, 0.3) is 0 Å². The van der Waals surface area contributed by atoms with Crippen molar-refractivity contribution >= 4 is 11.8 Å². The van der Waals surface area contributed by atoms with E-state index in [1.54, 1.807) is 0 Å². The molecule has 1 aromatic carbocycles. The Morgan fingerprint density at radius 2 is 1.64 bits per heavy atom. The van der Waals surface area contributed by atoms with Crippen molar-refractivity contribution in [1.29, 1.82) is 0 Å². The monoisotopic (exact) mass is 406 g/mol. The molecule has 0 amide bonds. The van der Waals surface area contributed by atoms with Crippen LogP contribution in [0.2, 0.25) is 0 Å². The molecule has 1 aliphatic heterocycles. The predicted molar refractivity (Wildman–Crippen MR) is 97.0 cm³/mol. The molecular formula is C18H17F3N6S. The first-order valence-corrected chi connectivity index (χ1v) is 9.63. The van der Waals surface area contributed by atoms with E-state index in [2.05, 4.69) is 25.3 Å². The van der Waals surface area contributed by atoms with Crippen molar-refractivity contribution in [3.63, 3.8) is 0 Å². The molecular weight excluding hydrogens is 389 g/mol. The summed E-state index contributed by atoms with van der Waals surface area (Å²) in [5.41, 5.74) is -0.125. The normalized spacial score (nSPS) is 15.2. The summed E-state index contributed by atoms with van der Waals surface area (Å²) < 4.78 is 40.0. The SMILES string of the molecule is FC(F)(F)c1ccc(Sc2nnc(CN3CCCC3)n2-c2ccccc2)nn1. The topological polar surface area (TPSA) is 59.7 Å². The molecule has 0 saturated carbocycles. The van der Waals surface area contributed by atoms with E-state index in [0.717, 1.165) is 42.4 Å². The smallest absolute Gasteiger partial charge is 0.296 e. The Kier molecular flexibility index (Phi) is 5.31. The first-order chi connectivity index (χ1) is 13.5. The average molecular weight is 406 g/mol. The average Bonchev–Trinajstić information content (AvgIpc) is 3.33. The van der Waals surface area contributed by atoms with Gasteiger partial charge in [-0.3, -0.25) is 9.47 Å². The molecule has 0 aliphatic carbocycles. The Labute approximate surface area is 163 Å². The highest BCUT2D eigenvalue weighted by atomic mass is 32.2. The Morgan fingerprint density at radius 3 is 2.29 bits per heavy atom. The minimum absolute atomic E-state index is 0.324. The minimum Gasteiger partial charge on any atom is -0.296 e. The lowest BCUT2D eigenvalue weighted by Gasteiger charge is -2.15. The highest BCUT2D eigenvalue weighted by molar-refractivity contribution is 7.99. The van der Waals surface area contributed by atoms with Gasteiger partial charge in [0.1, 0.15) is 5.03 Å². The van der Waals surface area contributed by atoms with Crippen molar-refractivity contribution in [2.75, 3.05) is 13.1 Å². The molecule has 0 N–H and O–H groups in total. The molecule has 3 aromatic rings. The summed E-state index contributed by atoms with van der Waals surface area (Å²) >= 11 is 1.14. The number of para-hydroxylation sites is 1. The van der Waals surface area contributed by atoms with Crippen molar-refractivity contribution in [2.24, 2.45) is 0 Å². The van der Waals surface area contributed by atoms with Gasteiger partial charge in [0.05, 0.1) is 6.54 Å². The first-order valence-electron chi connectivity index (χ1n) is 8.81. The molecule has 0 radical (unpaired) electrons. The third-order valence-corrected chi connectivity index (χ3v) is 5.28. The van der Waals surface area contributed by atoms with Crippen LogP contribution < -0.4 is 0 Å². The van der Waals surface area contributed by atoms with E-state index >= 15 is 0 Å². The van der Waals surface area contributed by atoms with Crippen LogP contribution in [0.3, 0.4) is 0 Å². The first kappa shape index (κ1) is 18.9. The fraction of sp³-hybridized carbons (Fsp3) is 0.333. The summed E-state index contributed by atoms with van der Waals surface area (Å²) in [6.45, 7) is 2.71. The summed E-state index contributed by atoms with van der Waals surface area (Å²) in [4.78, 5) is 2.32. The molecule has 3 heterocycles. The number of nitrogens with zero attached hydrogens (tertiary/aromatic N) is 6. The summed E-state index contributed by atoms with van der Waals surface area (Å²) in [6.07, 6.45) is -2.17. The second-order valence-electron chi connectivity index (χ2n) is 6.41. The van der Waals surface area contributed by atoms with Gasteiger partial charge in [-0.1, -0.05) is 18.2 Å². The molecule has 4 rings (SSSR count). The van der Waals surface area contributed by atoms with Gasteiger partial charge in [-0.2, -0.15) is 13.2 Å². The van der Waals surface area contributed by atoms with E-state index in [4.69, 9.17) is 0 Å². The Morgan fingerprint density at radius 1 is 0.893 bits per heavy atom. The van der Waals surface area contributed by atoms with Crippen molar-refractivity contribution in [1.82, 2.24) is 29.9 Å². The zero-order valence-corrected chi connectivity index (χ0v) is 15.6. The van der Waals surface area contributed by atoms with Crippen LogP contribution in [0.4, 0.5) is 13.2 Å². The van der Waals surface area contributed by atoms with Crippen LogP contribution >= 0.6 is 11.8 Å². The fourth-order valence-corrected chi connectivity index (χ4v) is 3.85. The summed E-state index contributed by atoms with van der Waals surface area (Å²) in [5.74, 6) is 0.787. The molecule has 1 saturated heterocycles. The molecule has 6 nitrogen and oxygen atoms in total. The quantitative estimate of drug-likeness (QED) is 0.642. The summed E-state index contributed by atoms with van der Waals surface area (Å²) in [5, 5.41) is 16.4. The number of likely N-dealkylation sites (tertiary alicyclic amines) is 1. The summed E-state index contributed by atoms with van der Waals surface area (Å²) in [7, 11) is 0. The Balaban J connectivity index is 1.63. The van der Waals surface area contributed by atoms with Crippen LogP contribution in [0.25, 0.3) is 5.69 Å². The van der Waals surface area contributed by atoms with Crippen LogP contribution in [0.1, 0.15) is 24.4 Å². The number of hydrogen-bond acceptors (Lipinski definition) is 6. The molecule has 1 fully saturated rings. The number of benzene rings is 1. The number of hydrogen-bond donors (Lipinski definition) is 0. The van der Waals surface area contributed by atoms with Gasteiger partial charge in [0.2, 0.25) is 5.16 Å². The standard InChI is InChI=1S/C18H17F3N6S/c19-18(20,21)14-8-9-16(24-22-14)28-17-25-23-15(12-26-10-4-5-11-26)27(17)13-6-2-1-3-7-13/h1-3,6-9H,4-5,10-12H2. The summed E-state index contributed by atoms with van der Waals surface area (Å²) in [6, 6.07) is 11.9. The van der Waals surface area contributed by atoms with Gasteiger partial charge in [-0.05, 0) is 62.0 Å². The van der Waals surface area contributed by atoms with Crippen molar-refractivity contribution in [2.45, 2.75) is 35.7 Å². The predicted octanol–water partition coefficient (Wildman–Crippen LogP) is 3.82. The van der Waals surface area contributed by atoms with Gasteiger partial charge >= 0.3 is 6.18 Å². The van der Waals surface area contributed by atoms with Gasteiger partial charge < -0.3 is 0 Å². The lowest BCUT2D eigenvalue weighted by atomic mass is 10.3. The molecule has 0 unspecified atom stereocenters. The third-order valence-electron chi connectivity index (χ3n) is 4.40. The van der Waals surface area contributed by atoms with Crippen LogP contribution in [-0.2, 0) is 12.7 Å². The fourth-order valence-electron chi connectivity index (χ4n) is 3.07. The number of rotatable bonds is 5. The number of halogens is 3. The van der Waals surface area contributed by atoms with Crippen LogP contribution in [0.5, 0.6) is 0 Å². The van der Waals surface area contributed by atoms with E-state index in [9.17, 15) is 13.2 Å². The van der Waals surface area contributed by atoms with Gasteiger partial charge in [0, 0.05) is 5.69 Å². The number of alkyl halides is 3. The minimum atomic E-state index is -4.51. The van der Waals surface area contributed by atoms with Gasteiger partial charge in [-0.15, -0.1) is 20.4 Å². The van der Waals surface area contributed by atoms with E-state index in [1.807, 2.05) is 34.9 Å². The second kappa shape index (κ2) is 7.88. The lowest BCUT2D eigenvalue weighted by Crippen LogP contribution is -2.21. The largest absolute Gasteiger partial charge is 0.435 e. The van der Waals surface area contributed by atoms with E-state index in [1.165, 1.54) is 18.9 Å². The van der Waals surface area contributed by atoms with Gasteiger partial charge in [-0.25, -0.2) is 0 Å². The maximum Gasteiger partial charge on any atom is 0.435 e. The maximum absolute atomic E-state index is 12.7. The Hall–Kier alpha value is -2.46. The van der Waals surface area contributed by atoms with Crippen molar-refractivity contribution < 1.29 is 13.2 Å². The molecule has 0 atom stereocenters. The lowest BCUT2D eigenvalue weighted by molar-refractivity contribution is -0.141. The van der Waals surface area contributed by atoms with Crippen molar-refractivity contribution in [3.8, 4) is 5.69 Å². The third kappa shape index (κ3) is 4.17. The molecule has 10 heteroatoms. The van der Waals surface area contributed by atoms with Crippen LogP contribution in [-0.4, -0.2) is 43.0 Å². The van der Waals surface area contributed by atoms with Crippen LogP contribution in [0.15, 0.2) is 52.6 Å². The molecule has 28 heavy (non-hydrogen) atoms. The zero-order valence-electron chi connectivity index (χ0n) is 14.8. The van der Waals surface area contributed by atoms with E-state index < -0.39 is 11.9 Å². The van der Waals surface area contributed by atoms with E-state index in [0.29, 0.717) is 16.7 Å². The van der Waals surface area contributed by atoms with Gasteiger partial charge in [0.15, 0.2) is 11.5 Å². The molecule has 0 spiro atoms. The number of aromatic nitrogens is 5. The molecule has 0 bridgehead atoms.